The van der Waals surface area contributed by atoms with Crippen molar-refractivity contribution in [1.29, 1.82) is 10.5 Å². The molecule has 1 unspecified atom stereocenters. The van der Waals surface area contributed by atoms with Crippen LogP contribution in [0.2, 0.25) is 0 Å². The highest BCUT2D eigenvalue weighted by Gasteiger charge is 2.29. The third-order valence-corrected chi connectivity index (χ3v) is 4.18. The standard InChI is InChI=1S/C10H15NO2.C6H9N/c1-2-13-10(12)6-9(7-11)8-4-3-5-8;7-5-4-6-2-1-3-6/h8-9H,2-6H2,1H3;6H,1-4H2. The second-order valence-corrected chi connectivity index (χ2v) is 5.59. The van der Waals surface area contributed by atoms with E-state index in [9.17, 15) is 4.79 Å². The third-order valence-electron chi connectivity index (χ3n) is 4.18. The van der Waals surface area contributed by atoms with Crippen LogP contribution in [-0.4, -0.2) is 12.6 Å². The summed E-state index contributed by atoms with van der Waals surface area (Å²) in [5.41, 5.74) is 0. The highest BCUT2D eigenvalue weighted by atomic mass is 16.5. The number of rotatable bonds is 5. The summed E-state index contributed by atoms with van der Waals surface area (Å²) in [5, 5.41) is 17.0. The van der Waals surface area contributed by atoms with Gasteiger partial charge in [-0.2, -0.15) is 10.5 Å². The maximum Gasteiger partial charge on any atom is 0.307 e. The van der Waals surface area contributed by atoms with Crippen molar-refractivity contribution in [2.45, 2.75) is 58.3 Å². The lowest BCUT2D eigenvalue weighted by molar-refractivity contribution is -0.144. The number of carbonyl (C=O) groups is 1. The van der Waals surface area contributed by atoms with Gasteiger partial charge in [-0.3, -0.25) is 4.79 Å². The van der Waals surface area contributed by atoms with Crippen LogP contribution < -0.4 is 0 Å². The zero-order valence-electron chi connectivity index (χ0n) is 12.3. The largest absolute Gasteiger partial charge is 0.466 e. The summed E-state index contributed by atoms with van der Waals surface area (Å²) in [6.07, 6.45) is 8.41. The predicted octanol–water partition coefficient (Wildman–Crippen LogP) is 3.58. The fourth-order valence-corrected chi connectivity index (χ4v) is 2.39. The monoisotopic (exact) mass is 276 g/mol. The van der Waals surface area contributed by atoms with Gasteiger partial charge in [-0.15, -0.1) is 0 Å². The Bertz CT molecular complexity index is 373. The van der Waals surface area contributed by atoms with Crippen molar-refractivity contribution in [3.8, 4) is 12.1 Å². The molecule has 0 spiro atoms. The number of esters is 1. The van der Waals surface area contributed by atoms with Gasteiger partial charge in [0.1, 0.15) is 0 Å². The number of ether oxygens (including phenoxy) is 1. The molecule has 0 aromatic carbocycles. The molecule has 2 saturated carbocycles. The number of hydrogen-bond donors (Lipinski definition) is 0. The molecule has 0 amide bonds. The van der Waals surface area contributed by atoms with Gasteiger partial charge >= 0.3 is 5.97 Å². The van der Waals surface area contributed by atoms with Gasteiger partial charge in [0.25, 0.3) is 0 Å². The molecule has 0 aromatic rings. The molecule has 110 valence electrons. The molecular formula is C16H24N2O2. The van der Waals surface area contributed by atoms with E-state index in [0.717, 1.165) is 25.2 Å². The molecule has 20 heavy (non-hydrogen) atoms. The van der Waals surface area contributed by atoms with Crippen molar-refractivity contribution in [2.24, 2.45) is 17.8 Å². The van der Waals surface area contributed by atoms with Gasteiger partial charge in [-0.1, -0.05) is 12.8 Å². The van der Waals surface area contributed by atoms with Gasteiger partial charge in [0, 0.05) is 6.42 Å². The molecule has 2 aliphatic rings. The molecule has 2 rings (SSSR count). The maximum atomic E-state index is 11.1. The van der Waals surface area contributed by atoms with Crippen LogP contribution in [0.5, 0.6) is 0 Å². The summed E-state index contributed by atoms with van der Waals surface area (Å²) < 4.78 is 4.80. The average molecular weight is 276 g/mol. The van der Waals surface area contributed by atoms with Gasteiger partial charge in [0.2, 0.25) is 0 Å². The first-order valence-corrected chi connectivity index (χ1v) is 7.63. The Morgan fingerprint density at radius 3 is 2.20 bits per heavy atom. The Labute approximate surface area is 121 Å². The fourth-order valence-electron chi connectivity index (χ4n) is 2.39. The molecule has 0 radical (unpaired) electrons. The lowest BCUT2D eigenvalue weighted by atomic mass is 9.75. The van der Waals surface area contributed by atoms with E-state index in [1.165, 1.54) is 25.7 Å². The quantitative estimate of drug-likeness (QED) is 0.719. The van der Waals surface area contributed by atoms with Crippen LogP contribution in [0, 0.1) is 40.4 Å². The van der Waals surface area contributed by atoms with E-state index in [1.54, 1.807) is 6.92 Å². The summed E-state index contributed by atoms with van der Waals surface area (Å²) in [4.78, 5) is 11.1. The van der Waals surface area contributed by atoms with Crippen LogP contribution in [0.15, 0.2) is 0 Å². The van der Waals surface area contributed by atoms with Crippen molar-refractivity contribution in [2.75, 3.05) is 6.61 Å². The van der Waals surface area contributed by atoms with Gasteiger partial charge < -0.3 is 4.74 Å². The molecule has 2 fully saturated rings. The minimum atomic E-state index is -0.235. The van der Waals surface area contributed by atoms with Crippen LogP contribution in [0.4, 0.5) is 0 Å². The molecular weight excluding hydrogens is 252 g/mol. The number of nitrogens with zero attached hydrogens (tertiary/aromatic N) is 2. The first-order chi connectivity index (χ1) is 9.71. The van der Waals surface area contributed by atoms with Crippen molar-refractivity contribution >= 4 is 5.97 Å². The van der Waals surface area contributed by atoms with E-state index in [-0.39, 0.29) is 18.3 Å². The average Bonchev–Trinajstić information content (AvgIpc) is 2.32. The molecule has 0 saturated heterocycles. The topological polar surface area (TPSA) is 73.9 Å². The van der Waals surface area contributed by atoms with E-state index in [1.807, 2.05) is 0 Å². The molecule has 0 aromatic heterocycles. The zero-order valence-corrected chi connectivity index (χ0v) is 12.3. The SMILES string of the molecule is CCOC(=O)CC(C#N)C1CCC1.N#CCC1CCC1. The van der Waals surface area contributed by atoms with Crippen molar-refractivity contribution in [1.82, 2.24) is 0 Å². The predicted molar refractivity (Wildman–Crippen MR) is 75.3 cm³/mol. The Morgan fingerprint density at radius 1 is 1.25 bits per heavy atom. The maximum absolute atomic E-state index is 11.1. The van der Waals surface area contributed by atoms with E-state index in [0.29, 0.717) is 12.5 Å². The van der Waals surface area contributed by atoms with Crippen LogP contribution in [-0.2, 0) is 9.53 Å². The van der Waals surface area contributed by atoms with Crippen LogP contribution in [0.1, 0.15) is 58.3 Å². The molecule has 1 atom stereocenters. The molecule has 4 nitrogen and oxygen atoms in total. The second kappa shape index (κ2) is 9.37. The fraction of sp³-hybridized carbons (Fsp3) is 0.812. The van der Waals surface area contributed by atoms with Crippen molar-refractivity contribution in [3.63, 3.8) is 0 Å². The van der Waals surface area contributed by atoms with Gasteiger partial charge in [0.15, 0.2) is 0 Å². The first-order valence-electron chi connectivity index (χ1n) is 7.63. The number of hydrogen-bond acceptors (Lipinski definition) is 4. The number of nitriles is 2. The molecule has 2 aliphatic carbocycles. The summed E-state index contributed by atoms with van der Waals surface area (Å²) in [6.45, 7) is 2.18. The van der Waals surface area contributed by atoms with Crippen molar-refractivity contribution in [3.05, 3.63) is 0 Å². The normalized spacial score (nSPS) is 19.1. The van der Waals surface area contributed by atoms with Gasteiger partial charge in [-0.05, 0) is 44.4 Å². The van der Waals surface area contributed by atoms with Crippen LogP contribution in [0.25, 0.3) is 0 Å². The highest BCUT2D eigenvalue weighted by Crippen LogP contribution is 2.34. The van der Waals surface area contributed by atoms with Crippen molar-refractivity contribution < 1.29 is 9.53 Å². The zero-order chi connectivity index (χ0) is 14.8. The Kier molecular flexibility index (Phi) is 7.73. The second-order valence-electron chi connectivity index (χ2n) is 5.59. The Morgan fingerprint density at radius 2 is 1.90 bits per heavy atom. The molecule has 0 heterocycles. The molecule has 0 N–H and O–H groups in total. The summed E-state index contributed by atoms with van der Waals surface area (Å²) >= 11 is 0. The lowest BCUT2D eigenvalue weighted by Gasteiger charge is -2.28. The Balaban J connectivity index is 0.000000240. The summed E-state index contributed by atoms with van der Waals surface area (Å²) in [5.74, 6) is 0.855. The molecule has 0 bridgehead atoms. The highest BCUT2D eigenvalue weighted by molar-refractivity contribution is 5.70. The van der Waals surface area contributed by atoms with Gasteiger partial charge in [-0.25, -0.2) is 0 Å². The molecule has 4 heteroatoms. The van der Waals surface area contributed by atoms with Gasteiger partial charge in [0.05, 0.1) is 31.1 Å². The summed E-state index contributed by atoms with van der Waals surface area (Å²) in [7, 11) is 0. The third kappa shape index (κ3) is 5.61. The summed E-state index contributed by atoms with van der Waals surface area (Å²) in [6, 6.07) is 4.36. The van der Waals surface area contributed by atoms with Crippen LogP contribution >= 0.6 is 0 Å². The molecule has 0 aliphatic heterocycles. The minimum absolute atomic E-state index is 0.118. The first kappa shape index (κ1) is 16.5. The van der Waals surface area contributed by atoms with E-state index < -0.39 is 0 Å². The smallest absolute Gasteiger partial charge is 0.307 e. The lowest BCUT2D eigenvalue weighted by Crippen LogP contribution is -2.23. The minimum Gasteiger partial charge on any atom is -0.466 e. The van der Waals surface area contributed by atoms with E-state index in [2.05, 4.69) is 12.1 Å². The number of carbonyl (C=O) groups excluding carboxylic acids is 1. The Hall–Kier alpha value is -1.55. The van der Waals surface area contributed by atoms with E-state index >= 15 is 0 Å². The van der Waals surface area contributed by atoms with Crippen LogP contribution in [0.3, 0.4) is 0 Å². The van der Waals surface area contributed by atoms with E-state index in [4.69, 9.17) is 15.3 Å².